The Balaban J connectivity index is 1.41. The highest BCUT2D eigenvalue weighted by Gasteiger charge is 2.35. The molecular formula is C22H21NO7. The first kappa shape index (κ1) is 19.6. The second-order valence-electron chi connectivity index (χ2n) is 6.67. The topological polar surface area (TPSA) is 89.3 Å². The molecule has 2 aromatic carbocycles. The van der Waals surface area contributed by atoms with Crippen LogP contribution >= 0.6 is 0 Å². The fourth-order valence-corrected chi connectivity index (χ4v) is 3.11. The van der Waals surface area contributed by atoms with Gasteiger partial charge in [-0.1, -0.05) is 17.3 Å². The van der Waals surface area contributed by atoms with Gasteiger partial charge in [0.15, 0.2) is 28.8 Å². The minimum Gasteiger partial charge on any atom is -0.493 e. The Morgan fingerprint density at radius 2 is 1.73 bits per heavy atom. The van der Waals surface area contributed by atoms with Gasteiger partial charge in [-0.05, 0) is 37.3 Å². The van der Waals surface area contributed by atoms with Crippen molar-refractivity contribution >= 4 is 5.97 Å². The van der Waals surface area contributed by atoms with E-state index >= 15 is 0 Å². The summed E-state index contributed by atoms with van der Waals surface area (Å²) >= 11 is 0. The Morgan fingerprint density at radius 1 is 1.00 bits per heavy atom. The van der Waals surface area contributed by atoms with E-state index in [4.69, 9.17) is 28.2 Å². The van der Waals surface area contributed by atoms with Crippen LogP contribution in [-0.4, -0.2) is 37.6 Å². The highest BCUT2D eigenvalue weighted by Crippen LogP contribution is 2.34. The summed E-state index contributed by atoms with van der Waals surface area (Å²) in [6.45, 7) is 1.71. The van der Waals surface area contributed by atoms with Gasteiger partial charge >= 0.3 is 5.97 Å². The van der Waals surface area contributed by atoms with Gasteiger partial charge in [0.1, 0.15) is 18.4 Å². The van der Waals surface area contributed by atoms with Crippen molar-refractivity contribution in [2.75, 3.05) is 14.2 Å². The van der Waals surface area contributed by atoms with E-state index in [0.717, 1.165) is 5.56 Å². The number of nitrogens with zero attached hydrogens (tertiary/aromatic N) is 1. The van der Waals surface area contributed by atoms with Crippen LogP contribution in [0.1, 0.15) is 12.6 Å². The summed E-state index contributed by atoms with van der Waals surface area (Å²) in [5.74, 6) is 2.28. The molecule has 0 bridgehead atoms. The van der Waals surface area contributed by atoms with Crippen LogP contribution in [0.3, 0.4) is 0 Å². The molecule has 1 aliphatic rings. The predicted molar refractivity (Wildman–Crippen MR) is 106 cm³/mol. The highest BCUT2D eigenvalue weighted by molar-refractivity contribution is 5.76. The molecule has 0 radical (unpaired) electrons. The molecule has 0 saturated carbocycles. The van der Waals surface area contributed by atoms with Gasteiger partial charge < -0.3 is 28.2 Å². The standard InChI is InChI=1S/C22H21NO7/c1-13-21(29-18-7-5-4-6-17(18)28-13)22(24)27-12-15-11-19(30-23-15)14-8-9-16(25-2)20(10-14)26-3/h4-11,13,21H,12H2,1-3H3. The van der Waals surface area contributed by atoms with Crippen LogP contribution in [-0.2, 0) is 16.1 Å². The van der Waals surface area contributed by atoms with Crippen molar-refractivity contribution in [1.82, 2.24) is 5.16 Å². The molecule has 8 heteroatoms. The molecule has 0 fully saturated rings. The Labute approximate surface area is 173 Å². The van der Waals surface area contributed by atoms with Gasteiger partial charge in [-0.25, -0.2) is 4.79 Å². The number of esters is 1. The third-order valence-corrected chi connectivity index (χ3v) is 4.66. The summed E-state index contributed by atoms with van der Waals surface area (Å²) in [6.07, 6.45) is -1.34. The molecule has 0 spiro atoms. The first-order valence-electron chi connectivity index (χ1n) is 9.36. The first-order chi connectivity index (χ1) is 14.6. The number of carbonyl (C=O) groups excluding carboxylic acids is 1. The number of aromatic nitrogens is 1. The van der Waals surface area contributed by atoms with E-state index in [1.54, 1.807) is 51.5 Å². The molecule has 2 atom stereocenters. The van der Waals surface area contributed by atoms with Crippen LogP contribution in [0.4, 0.5) is 0 Å². The maximum Gasteiger partial charge on any atom is 0.351 e. The lowest BCUT2D eigenvalue weighted by Gasteiger charge is -2.30. The van der Waals surface area contributed by atoms with E-state index in [0.29, 0.717) is 34.5 Å². The van der Waals surface area contributed by atoms with Gasteiger partial charge in [0.2, 0.25) is 6.10 Å². The molecule has 0 aliphatic carbocycles. The molecule has 1 aromatic heterocycles. The van der Waals surface area contributed by atoms with Crippen molar-refractivity contribution in [3.05, 3.63) is 54.2 Å². The smallest absolute Gasteiger partial charge is 0.351 e. The predicted octanol–water partition coefficient (Wildman–Crippen LogP) is 3.63. The first-order valence-corrected chi connectivity index (χ1v) is 9.36. The fourth-order valence-electron chi connectivity index (χ4n) is 3.11. The van der Waals surface area contributed by atoms with Gasteiger partial charge in [0.05, 0.1) is 14.2 Å². The van der Waals surface area contributed by atoms with E-state index < -0.39 is 18.2 Å². The number of hydrogen-bond donors (Lipinski definition) is 0. The maximum absolute atomic E-state index is 12.5. The monoisotopic (exact) mass is 411 g/mol. The quantitative estimate of drug-likeness (QED) is 0.568. The van der Waals surface area contributed by atoms with Gasteiger partial charge in [0.25, 0.3) is 0 Å². The summed E-state index contributed by atoms with van der Waals surface area (Å²) in [5, 5.41) is 3.97. The van der Waals surface area contributed by atoms with E-state index in [1.165, 1.54) is 0 Å². The largest absolute Gasteiger partial charge is 0.493 e. The molecule has 30 heavy (non-hydrogen) atoms. The molecule has 3 aromatic rings. The zero-order valence-corrected chi connectivity index (χ0v) is 16.8. The second-order valence-corrected chi connectivity index (χ2v) is 6.67. The minimum atomic E-state index is -0.864. The average molecular weight is 411 g/mol. The number of rotatable bonds is 6. The van der Waals surface area contributed by atoms with Crippen molar-refractivity contribution in [3.8, 4) is 34.3 Å². The molecule has 8 nitrogen and oxygen atoms in total. The molecule has 0 saturated heterocycles. The lowest BCUT2D eigenvalue weighted by atomic mass is 10.1. The lowest BCUT2D eigenvalue weighted by Crippen LogP contribution is -2.44. The number of benzene rings is 2. The summed E-state index contributed by atoms with van der Waals surface area (Å²) in [6, 6.07) is 14.3. The van der Waals surface area contributed by atoms with Crippen molar-refractivity contribution in [3.63, 3.8) is 0 Å². The second kappa shape index (κ2) is 8.36. The zero-order chi connectivity index (χ0) is 21.1. The highest BCUT2D eigenvalue weighted by atomic mass is 16.6. The van der Waals surface area contributed by atoms with Crippen LogP contribution in [0.25, 0.3) is 11.3 Å². The molecule has 0 N–H and O–H groups in total. The minimum absolute atomic E-state index is 0.0517. The van der Waals surface area contributed by atoms with Gasteiger partial charge in [0, 0.05) is 11.6 Å². The molecule has 2 unspecified atom stereocenters. The summed E-state index contributed by atoms with van der Waals surface area (Å²) in [4.78, 5) is 12.5. The zero-order valence-electron chi connectivity index (χ0n) is 16.8. The maximum atomic E-state index is 12.5. The Morgan fingerprint density at radius 3 is 2.47 bits per heavy atom. The number of para-hydroxylation sites is 2. The van der Waals surface area contributed by atoms with Crippen LogP contribution in [0.2, 0.25) is 0 Å². The third-order valence-electron chi connectivity index (χ3n) is 4.66. The molecule has 4 rings (SSSR count). The van der Waals surface area contributed by atoms with Crippen LogP contribution in [0, 0.1) is 0 Å². The van der Waals surface area contributed by atoms with Gasteiger partial charge in [-0.2, -0.15) is 0 Å². The summed E-state index contributed by atoms with van der Waals surface area (Å²) in [5.41, 5.74) is 1.23. The van der Waals surface area contributed by atoms with E-state index in [-0.39, 0.29) is 6.61 Å². The number of methoxy groups -OCH3 is 2. The number of ether oxygens (including phenoxy) is 5. The fraction of sp³-hybridized carbons (Fsp3) is 0.273. The molecule has 0 amide bonds. The number of carbonyl (C=O) groups is 1. The SMILES string of the molecule is COc1ccc(-c2cc(COC(=O)C3Oc4ccccc4OC3C)no2)cc1OC. The lowest BCUT2D eigenvalue weighted by molar-refractivity contribution is -0.159. The Bertz CT molecular complexity index is 1050. The van der Waals surface area contributed by atoms with E-state index in [2.05, 4.69) is 5.16 Å². The van der Waals surface area contributed by atoms with Crippen molar-refractivity contribution < 1.29 is 33.0 Å². The van der Waals surface area contributed by atoms with Crippen molar-refractivity contribution in [2.24, 2.45) is 0 Å². The van der Waals surface area contributed by atoms with Crippen LogP contribution < -0.4 is 18.9 Å². The molecule has 2 heterocycles. The Hall–Kier alpha value is -3.68. The summed E-state index contributed by atoms with van der Waals surface area (Å²) < 4.78 is 32.8. The van der Waals surface area contributed by atoms with E-state index in [9.17, 15) is 4.79 Å². The average Bonchev–Trinajstić information content (AvgIpc) is 3.25. The van der Waals surface area contributed by atoms with E-state index in [1.807, 2.05) is 18.2 Å². The Kier molecular flexibility index (Phi) is 5.47. The normalized spacial score (nSPS) is 17.3. The van der Waals surface area contributed by atoms with Gasteiger partial charge in [-0.15, -0.1) is 0 Å². The molecule has 156 valence electrons. The molecule has 1 aliphatic heterocycles. The van der Waals surface area contributed by atoms with Gasteiger partial charge in [-0.3, -0.25) is 0 Å². The van der Waals surface area contributed by atoms with Crippen molar-refractivity contribution in [1.29, 1.82) is 0 Å². The number of hydrogen-bond acceptors (Lipinski definition) is 8. The van der Waals surface area contributed by atoms with Crippen LogP contribution in [0.15, 0.2) is 53.1 Å². The summed E-state index contributed by atoms with van der Waals surface area (Å²) in [7, 11) is 3.13. The van der Waals surface area contributed by atoms with Crippen LogP contribution in [0.5, 0.6) is 23.0 Å². The third kappa shape index (κ3) is 3.89. The number of fused-ring (bicyclic) bond motifs is 1. The van der Waals surface area contributed by atoms with Crippen molar-refractivity contribution in [2.45, 2.75) is 25.7 Å². The molecular weight excluding hydrogens is 390 g/mol.